The average Bonchev–Trinajstić information content (AvgIpc) is 3.83. The van der Waals surface area contributed by atoms with Gasteiger partial charge in [-0.15, -0.1) is 0 Å². The summed E-state index contributed by atoms with van der Waals surface area (Å²) in [6.45, 7) is 6.46. The second kappa shape index (κ2) is 15.0. The molecule has 9 aromatic carbocycles. The SMILES string of the molecule is C=C/C=C\C1=C(C)C2(c3cc(-c4ccc(-c5nc(-c6ccccc6)nc(-c6ccccc6)n5)c5ccccc45)ccc31)c1ccccc1C1(c3ccccc3-c3ccccc31)c1ccccc12. The highest BCUT2D eigenvalue weighted by Gasteiger charge is 2.58. The lowest BCUT2D eigenvalue weighted by atomic mass is 9.52. The first-order valence-electron chi connectivity index (χ1n) is 23.1. The van der Waals surface area contributed by atoms with Gasteiger partial charge in [0.15, 0.2) is 17.5 Å². The second-order valence-corrected chi connectivity index (χ2v) is 17.8. The summed E-state index contributed by atoms with van der Waals surface area (Å²) in [5.74, 6) is 1.93. The lowest BCUT2D eigenvalue weighted by Crippen LogP contribution is -2.43. The lowest BCUT2D eigenvalue weighted by Gasteiger charge is -2.49. The molecule has 0 radical (unpaired) electrons. The lowest BCUT2D eigenvalue weighted by molar-refractivity contribution is 0.623. The van der Waals surface area contributed by atoms with Crippen molar-refractivity contribution in [2.75, 3.05) is 0 Å². The molecule has 0 aliphatic heterocycles. The summed E-state index contributed by atoms with van der Waals surface area (Å²) in [4.78, 5) is 15.3. The van der Waals surface area contributed by atoms with Crippen LogP contribution in [0.25, 0.3) is 72.8 Å². The first-order chi connectivity index (χ1) is 33.1. The molecule has 3 aliphatic carbocycles. The van der Waals surface area contributed by atoms with Crippen molar-refractivity contribution in [1.82, 2.24) is 15.0 Å². The van der Waals surface area contributed by atoms with Crippen molar-refractivity contribution in [1.29, 1.82) is 0 Å². The highest BCUT2D eigenvalue weighted by Crippen LogP contribution is 2.67. The molecule has 0 saturated carbocycles. The summed E-state index contributed by atoms with van der Waals surface area (Å²) >= 11 is 0. The van der Waals surface area contributed by atoms with E-state index in [1.54, 1.807) is 0 Å². The maximum atomic E-state index is 5.16. The Balaban J connectivity index is 1.05. The zero-order chi connectivity index (χ0) is 44.7. The third-order valence-electron chi connectivity index (χ3n) is 14.7. The van der Waals surface area contributed by atoms with Crippen LogP contribution in [0.5, 0.6) is 0 Å². The minimum absolute atomic E-state index is 0.495. The van der Waals surface area contributed by atoms with Gasteiger partial charge >= 0.3 is 0 Å². The monoisotopic (exact) mass is 853 g/mol. The zero-order valence-electron chi connectivity index (χ0n) is 37.0. The molecule has 3 aliphatic rings. The summed E-state index contributed by atoms with van der Waals surface area (Å²) < 4.78 is 0. The molecule has 1 heterocycles. The van der Waals surface area contributed by atoms with Gasteiger partial charge in [0, 0.05) is 16.7 Å². The molecule has 0 bridgehead atoms. The first-order valence-corrected chi connectivity index (χ1v) is 23.1. The van der Waals surface area contributed by atoms with Gasteiger partial charge in [-0.1, -0.05) is 225 Å². The molecule has 0 saturated heterocycles. The molecule has 0 fully saturated rings. The Kier molecular flexibility index (Phi) is 8.72. The fourth-order valence-electron chi connectivity index (χ4n) is 12.0. The fraction of sp³-hybridized carbons (Fsp3) is 0.0469. The molecule has 0 N–H and O–H groups in total. The van der Waals surface area contributed by atoms with Crippen LogP contribution in [0.2, 0.25) is 0 Å². The molecule has 2 spiro atoms. The van der Waals surface area contributed by atoms with E-state index >= 15 is 0 Å². The van der Waals surface area contributed by atoms with Crippen molar-refractivity contribution in [3.63, 3.8) is 0 Å². The van der Waals surface area contributed by atoms with Gasteiger partial charge in [0.25, 0.3) is 0 Å². The molecular formula is C64H43N3. The van der Waals surface area contributed by atoms with Gasteiger partial charge in [-0.25, -0.2) is 15.0 Å². The number of nitrogens with zero attached hydrogens (tertiary/aromatic N) is 3. The van der Waals surface area contributed by atoms with Gasteiger partial charge in [-0.3, -0.25) is 0 Å². The van der Waals surface area contributed by atoms with Crippen LogP contribution in [0.1, 0.15) is 51.4 Å². The van der Waals surface area contributed by atoms with E-state index in [2.05, 4.69) is 202 Å². The Morgan fingerprint density at radius 2 is 0.791 bits per heavy atom. The largest absolute Gasteiger partial charge is 0.208 e. The van der Waals surface area contributed by atoms with E-state index in [9.17, 15) is 0 Å². The summed E-state index contributed by atoms with van der Waals surface area (Å²) in [6.07, 6.45) is 6.23. The van der Waals surface area contributed by atoms with Gasteiger partial charge < -0.3 is 0 Å². The van der Waals surface area contributed by atoms with E-state index in [0.29, 0.717) is 17.5 Å². The highest BCUT2D eigenvalue weighted by molar-refractivity contribution is 6.05. The third-order valence-corrected chi connectivity index (χ3v) is 14.7. The smallest absolute Gasteiger partial charge is 0.164 e. The molecular weight excluding hydrogens is 811 g/mol. The molecule has 10 aromatic rings. The summed E-state index contributed by atoms with van der Waals surface area (Å²) in [5, 5.41) is 2.21. The highest BCUT2D eigenvalue weighted by atomic mass is 15.0. The minimum Gasteiger partial charge on any atom is -0.208 e. The molecule has 67 heavy (non-hydrogen) atoms. The van der Waals surface area contributed by atoms with Gasteiger partial charge in [0.05, 0.1) is 10.8 Å². The molecule has 13 rings (SSSR count). The van der Waals surface area contributed by atoms with Crippen LogP contribution < -0.4 is 0 Å². The Labute approximate surface area is 390 Å². The standard InChI is InChI=1S/C64H43N3/c1-3-4-25-45-41(2)63(55-32-17-19-34-57(55)64(58-35-20-18-33-56(58)63)53-30-15-13-28-49(53)50-29-14-16-31-54(50)64)59-40-44(36-37-51(45)59)46-38-39-52(48-27-12-11-26-47(46)48)62-66-60(42-21-7-5-8-22-42)65-61(67-62)43-23-9-6-10-24-43/h3-40H,1H2,2H3/b25-4-. The second-order valence-electron chi connectivity index (χ2n) is 17.8. The average molecular weight is 854 g/mol. The van der Waals surface area contributed by atoms with Crippen LogP contribution in [0, 0.1) is 0 Å². The summed E-state index contributed by atoms with van der Waals surface area (Å²) in [5.41, 5.74) is 19.7. The quantitative estimate of drug-likeness (QED) is 0.156. The van der Waals surface area contributed by atoms with Crippen molar-refractivity contribution in [3.8, 4) is 56.4 Å². The molecule has 3 nitrogen and oxygen atoms in total. The number of aromatic nitrogens is 3. The molecule has 0 unspecified atom stereocenters. The summed E-state index contributed by atoms with van der Waals surface area (Å²) in [6, 6.07) is 77.3. The van der Waals surface area contributed by atoms with Crippen LogP contribution in [0.3, 0.4) is 0 Å². The first kappa shape index (κ1) is 38.9. The van der Waals surface area contributed by atoms with E-state index in [-0.39, 0.29) is 0 Å². The van der Waals surface area contributed by atoms with Crippen LogP contribution in [0.15, 0.2) is 243 Å². The number of hydrogen-bond acceptors (Lipinski definition) is 3. The minimum atomic E-state index is -0.584. The molecule has 314 valence electrons. The molecule has 0 atom stereocenters. The van der Waals surface area contributed by atoms with Gasteiger partial charge in [0.2, 0.25) is 0 Å². The number of fused-ring (bicyclic) bond motifs is 14. The van der Waals surface area contributed by atoms with E-state index < -0.39 is 10.8 Å². The molecule has 1 aromatic heterocycles. The van der Waals surface area contributed by atoms with Crippen molar-refractivity contribution < 1.29 is 0 Å². The van der Waals surface area contributed by atoms with Crippen LogP contribution >= 0.6 is 0 Å². The van der Waals surface area contributed by atoms with Crippen molar-refractivity contribution in [3.05, 3.63) is 287 Å². The van der Waals surface area contributed by atoms with Gasteiger partial charge in [-0.2, -0.15) is 0 Å². The topological polar surface area (TPSA) is 38.7 Å². The number of hydrogen-bond donors (Lipinski definition) is 0. The zero-order valence-corrected chi connectivity index (χ0v) is 37.0. The Morgan fingerprint density at radius 1 is 0.358 bits per heavy atom. The molecule has 3 heteroatoms. The van der Waals surface area contributed by atoms with E-state index in [1.807, 2.05) is 42.5 Å². The van der Waals surface area contributed by atoms with Crippen LogP contribution in [0.4, 0.5) is 0 Å². The maximum absolute atomic E-state index is 5.16. The van der Waals surface area contributed by atoms with E-state index in [4.69, 9.17) is 15.0 Å². The predicted molar refractivity (Wildman–Crippen MR) is 275 cm³/mol. The maximum Gasteiger partial charge on any atom is 0.164 e. The Hall–Kier alpha value is -8.53. The fourth-order valence-corrected chi connectivity index (χ4v) is 12.0. The number of rotatable bonds is 6. The third kappa shape index (κ3) is 5.43. The predicted octanol–water partition coefficient (Wildman–Crippen LogP) is 15.2. The van der Waals surface area contributed by atoms with E-state index in [1.165, 1.54) is 66.8 Å². The van der Waals surface area contributed by atoms with Crippen molar-refractivity contribution >= 4 is 16.3 Å². The summed E-state index contributed by atoms with van der Waals surface area (Å²) in [7, 11) is 0. The molecule has 0 amide bonds. The number of benzene rings is 9. The van der Waals surface area contributed by atoms with Crippen molar-refractivity contribution in [2.45, 2.75) is 17.8 Å². The van der Waals surface area contributed by atoms with E-state index in [0.717, 1.165) is 38.6 Å². The Morgan fingerprint density at radius 3 is 1.34 bits per heavy atom. The van der Waals surface area contributed by atoms with Crippen LogP contribution in [-0.2, 0) is 10.8 Å². The van der Waals surface area contributed by atoms with Gasteiger partial charge in [-0.05, 0) is 108 Å². The number of allylic oxidation sites excluding steroid dienone is 5. The van der Waals surface area contributed by atoms with Crippen molar-refractivity contribution in [2.24, 2.45) is 0 Å². The Bertz CT molecular complexity index is 3570. The van der Waals surface area contributed by atoms with Crippen LogP contribution in [-0.4, -0.2) is 15.0 Å². The van der Waals surface area contributed by atoms with Gasteiger partial charge in [0.1, 0.15) is 0 Å². The normalized spacial score (nSPS) is 14.5.